The van der Waals surface area contributed by atoms with Gasteiger partial charge in [0.15, 0.2) is 11.2 Å². The molecule has 2 aromatic carbocycles. The van der Waals surface area contributed by atoms with Crippen LogP contribution >= 0.6 is 15.9 Å². The molecule has 0 spiro atoms. The molecule has 0 aliphatic heterocycles. The van der Waals surface area contributed by atoms with Crippen molar-refractivity contribution in [1.29, 1.82) is 0 Å². The fourth-order valence-corrected chi connectivity index (χ4v) is 4.65. The molecule has 0 saturated heterocycles. The number of imidazole rings is 1. The lowest BCUT2D eigenvalue weighted by molar-refractivity contribution is 0.702. The number of para-hydroxylation sites is 1. The highest BCUT2D eigenvalue weighted by atomic mass is 79.9. The second-order valence-corrected chi connectivity index (χ2v) is 8.98. The summed E-state index contributed by atoms with van der Waals surface area (Å²) in [6.45, 7) is 1.07. The van der Waals surface area contributed by atoms with Crippen molar-refractivity contribution in [3.05, 3.63) is 91.2 Å². The van der Waals surface area contributed by atoms with Gasteiger partial charge in [0.05, 0.1) is 6.54 Å². The number of rotatable bonds is 6. The summed E-state index contributed by atoms with van der Waals surface area (Å²) in [4.78, 5) is 33.5. The van der Waals surface area contributed by atoms with Gasteiger partial charge in [-0.2, -0.15) is 4.98 Å². The molecule has 0 bridgehead atoms. The van der Waals surface area contributed by atoms with E-state index < -0.39 is 5.69 Å². The Bertz CT molecular complexity index is 1610. The number of nitrogens with zero attached hydrogens (tertiary/aromatic N) is 4. The molecule has 0 aliphatic rings. The van der Waals surface area contributed by atoms with Crippen LogP contribution in [0, 0.1) is 0 Å². The average Bonchev–Trinajstić information content (AvgIpc) is 3.38. The van der Waals surface area contributed by atoms with Crippen LogP contribution in [0.5, 0.6) is 0 Å². The standard InChI is InChI=1S/C24H23BrN6O2/c1-29-21-20(22(32)30(2)24(29)33)31(14-15-6-5-7-17(25)12-15)23(28-21)26-11-10-16-13-27-19-9-4-3-8-18(16)19/h3-9,12-13,27H,10-11,14H2,1-2H3,(H,26,28). The zero-order valence-electron chi connectivity index (χ0n) is 18.3. The lowest BCUT2D eigenvalue weighted by Crippen LogP contribution is -2.37. The van der Waals surface area contributed by atoms with Gasteiger partial charge in [-0.1, -0.05) is 46.3 Å². The first-order valence-electron chi connectivity index (χ1n) is 10.6. The van der Waals surface area contributed by atoms with Crippen molar-refractivity contribution in [3.63, 3.8) is 0 Å². The third-order valence-corrected chi connectivity index (χ3v) is 6.42. The van der Waals surface area contributed by atoms with Gasteiger partial charge in [-0.25, -0.2) is 4.79 Å². The smallest absolute Gasteiger partial charge is 0.332 e. The van der Waals surface area contributed by atoms with Gasteiger partial charge in [0.25, 0.3) is 5.56 Å². The Labute approximate surface area is 197 Å². The first kappa shape index (κ1) is 21.3. The van der Waals surface area contributed by atoms with Crippen LogP contribution in [-0.4, -0.2) is 30.2 Å². The molecule has 9 heteroatoms. The zero-order valence-corrected chi connectivity index (χ0v) is 19.9. The fourth-order valence-electron chi connectivity index (χ4n) is 4.20. The van der Waals surface area contributed by atoms with Crippen LogP contribution in [0.4, 0.5) is 5.95 Å². The number of H-pyrrole nitrogens is 1. The summed E-state index contributed by atoms with van der Waals surface area (Å²) >= 11 is 3.51. The number of nitrogens with one attached hydrogen (secondary N) is 2. The molecule has 0 radical (unpaired) electrons. The van der Waals surface area contributed by atoms with Crippen molar-refractivity contribution in [2.24, 2.45) is 14.1 Å². The third kappa shape index (κ3) is 3.78. The topological polar surface area (TPSA) is 89.6 Å². The van der Waals surface area contributed by atoms with Gasteiger partial charge in [-0.15, -0.1) is 0 Å². The van der Waals surface area contributed by atoms with E-state index in [9.17, 15) is 9.59 Å². The van der Waals surface area contributed by atoms with Gasteiger partial charge in [-0.3, -0.25) is 18.5 Å². The second kappa shape index (κ2) is 8.40. The quantitative estimate of drug-likeness (QED) is 0.369. The molecular formula is C24H23BrN6O2. The molecule has 33 heavy (non-hydrogen) atoms. The average molecular weight is 507 g/mol. The summed E-state index contributed by atoms with van der Waals surface area (Å²) in [5, 5.41) is 4.59. The lowest BCUT2D eigenvalue weighted by Gasteiger charge is -2.11. The van der Waals surface area contributed by atoms with Gasteiger partial charge in [0.1, 0.15) is 0 Å². The monoisotopic (exact) mass is 506 g/mol. The van der Waals surface area contributed by atoms with Gasteiger partial charge < -0.3 is 10.3 Å². The van der Waals surface area contributed by atoms with E-state index in [1.165, 1.54) is 22.6 Å². The number of fused-ring (bicyclic) bond motifs is 2. The number of hydrogen-bond acceptors (Lipinski definition) is 4. The van der Waals surface area contributed by atoms with E-state index in [0.29, 0.717) is 30.2 Å². The molecule has 3 aromatic heterocycles. The van der Waals surface area contributed by atoms with Crippen LogP contribution in [-0.2, 0) is 27.1 Å². The Kier molecular flexibility index (Phi) is 5.41. The summed E-state index contributed by atoms with van der Waals surface area (Å²) < 4.78 is 5.35. The van der Waals surface area contributed by atoms with Crippen molar-refractivity contribution in [1.82, 2.24) is 23.7 Å². The Morgan fingerprint density at radius 2 is 1.88 bits per heavy atom. The number of benzene rings is 2. The number of aryl methyl sites for hydroxylation is 1. The minimum atomic E-state index is -0.398. The van der Waals surface area contributed by atoms with E-state index in [1.807, 2.05) is 47.2 Å². The first-order chi connectivity index (χ1) is 15.9. The molecule has 8 nitrogen and oxygen atoms in total. The van der Waals surface area contributed by atoms with E-state index in [0.717, 1.165) is 26.5 Å². The number of aromatic amines is 1. The van der Waals surface area contributed by atoms with E-state index in [1.54, 1.807) is 7.05 Å². The van der Waals surface area contributed by atoms with Crippen molar-refractivity contribution in [3.8, 4) is 0 Å². The van der Waals surface area contributed by atoms with Gasteiger partial charge >= 0.3 is 5.69 Å². The van der Waals surface area contributed by atoms with Crippen LogP contribution in [0.3, 0.4) is 0 Å². The molecule has 3 heterocycles. The maximum absolute atomic E-state index is 13.0. The number of aromatic nitrogens is 5. The maximum atomic E-state index is 13.0. The third-order valence-electron chi connectivity index (χ3n) is 5.93. The number of hydrogen-bond donors (Lipinski definition) is 2. The molecule has 0 saturated carbocycles. The van der Waals surface area contributed by atoms with Crippen LogP contribution in [0.25, 0.3) is 22.1 Å². The molecular weight excluding hydrogens is 484 g/mol. The second-order valence-electron chi connectivity index (χ2n) is 8.07. The predicted octanol–water partition coefficient (Wildman–Crippen LogP) is 3.38. The minimum Gasteiger partial charge on any atom is -0.361 e. The van der Waals surface area contributed by atoms with Gasteiger partial charge in [0.2, 0.25) is 5.95 Å². The minimum absolute atomic E-state index is 0.361. The van der Waals surface area contributed by atoms with E-state index in [4.69, 9.17) is 0 Å². The summed E-state index contributed by atoms with van der Waals surface area (Å²) in [7, 11) is 3.13. The lowest BCUT2D eigenvalue weighted by atomic mass is 10.1. The van der Waals surface area contributed by atoms with Gasteiger partial charge in [-0.05, 0) is 35.7 Å². The summed E-state index contributed by atoms with van der Waals surface area (Å²) in [5.74, 6) is 0.558. The highest BCUT2D eigenvalue weighted by Gasteiger charge is 2.19. The van der Waals surface area contributed by atoms with E-state index in [2.05, 4.69) is 43.3 Å². The van der Waals surface area contributed by atoms with E-state index in [-0.39, 0.29) is 5.56 Å². The van der Waals surface area contributed by atoms with Crippen LogP contribution < -0.4 is 16.6 Å². The molecule has 0 unspecified atom stereocenters. The van der Waals surface area contributed by atoms with Crippen molar-refractivity contribution in [2.45, 2.75) is 13.0 Å². The van der Waals surface area contributed by atoms with Crippen molar-refractivity contribution in [2.75, 3.05) is 11.9 Å². The molecule has 168 valence electrons. The molecule has 5 aromatic rings. The molecule has 0 aliphatic carbocycles. The SMILES string of the molecule is Cn1c(=O)c2c(nc(NCCc3c[nH]c4ccccc34)n2Cc2cccc(Br)c2)n(C)c1=O. The molecule has 0 fully saturated rings. The molecule has 0 atom stereocenters. The summed E-state index contributed by atoms with van der Waals surface area (Å²) in [6.07, 6.45) is 2.80. The maximum Gasteiger partial charge on any atom is 0.332 e. The van der Waals surface area contributed by atoms with Crippen LogP contribution in [0.1, 0.15) is 11.1 Å². The first-order valence-corrected chi connectivity index (χ1v) is 11.4. The van der Waals surface area contributed by atoms with E-state index >= 15 is 0 Å². The Balaban J connectivity index is 1.54. The fraction of sp³-hybridized carbons (Fsp3) is 0.208. The predicted molar refractivity (Wildman–Crippen MR) is 134 cm³/mol. The highest BCUT2D eigenvalue weighted by molar-refractivity contribution is 9.10. The zero-order chi connectivity index (χ0) is 23.1. The van der Waals surface area contributed by atoms with Crippen molar-refractivity contribution < 1.29 is 0 Å². The van der Waals surface area contributed by atoms with Crippen molar-refractivity contribution >= 4 is 43.9 Å². The largest absolute Gasteiger partial charge is 0.361 e. The summed E-state index contributed by atoms with van der Waals surface area (Å²) in [6, 6.07) is 16.1. The number of halogens is 1. The summed E-state index contributed by atoms with van der Waals surface area (Å²) in [5.41, 5.74) is 3.33. The highest BCUT2D eigenvalue weighted by Crippen LogP contribution is 2.21. The van der Waals surface area contributed by atoms with Crippen LogP contribution in [0.15, 0.2) is 68.8 Å². The molecule has 2 N–H and O–H groups in total. The Morgan fingerprint density at radius 3 is 2.70 bits per heavy atom. The normalized spacial score (nSPS) is 11.5. The number of anilines is 1. The molecule has 5 rings (SSSR count). The van der Waals surface area contributed by atoms with Gasteiger partial charge in [0, 0.05) is 42.2 Å². The Morgan fingerprint density at radius 1 is 1.06 bits per heavy atom. The van der Waals surface area contributed by atoms with Crippen LogP contribution in [0.2, 0.25) is 0 Å². The Hall–Kier alpha value is -3.59. The molecule has 0 amide bonds.